The van der Waals surface area contributed by atoms with Crippen LogP contribution in [-0.2, 0) is 9.59 Å². The van der Waals surface area contributed by atoms with Crippen LogP contribution in [0.4, 0.5) is 0 Å². The van der Waals surface area contributed by atoms with E-state index in [1.165, 1.54) is 0 Å². The van der Waals surface area contributed by atoms with Gasteiger partial charge in [-0.3, -0.25) is 9.59 Å². The molecule has 0 saturated carbocycles. The molecule has 11 heavy (non-hydrogen) atoms. The van der Waals surface area contributed by atoms with Crippen LogP contribution in [0, 0.1) is 5.92 Å². The molecule has 0 saturated heterocycles. The van der Waals surface area contributed by atoms with Crippen molar-refractivity contribution in [3.8, 4) is 0 Å². The fourth-order valence-electron chi connectivity index (χ4n) is 0.424. The summed E-state index contributed by atoms with van der Waals surface area (Å²) in [5.74, 6) is -2.66. The van der Waals surface area contributed by atoms with Crippen molar-refractivity contribution >= 4 is 11.9 Å². The van der Waals surface area contributed by atoms with E-state index in [0.29, 0.717) is 6.42 Å². The highest BCUT2D eigenvalue weighted by Crippen LogP contribution is 1.98. The predicted octanol–water partition coefficient (Wildman–Crippen LogP) is 0.233. The van der Waals surface area contributed by atoms with Crippen LogP contribution >= 0.6 is 0 Å². The van der Waals surface area contributed by atoms with Gasteiger partial charge in [0.05, 0.1) is 2.74 Å². The molecule has 0 fully saturated rings. The van der Waals surface area contributed by atoms with Crippen LogP contribution in [0.5, 0.6) is 0 Å². The second-order valence-corrected chi connectivity index (χ2v) is 2.23. The van der Waals surface area contributed by atoms with Gasteiger partial charge in [0.2, 0.25) is 5.91 Å². The van der Waals surface area contributed by atoms with Crippen LogP contribution in [0.1, 0.15) is 23.0 Å². The Morgan fingerprint density at radius 2 is 2.27 bits per heavy atom. The number of hydrogen-bond acceptors (Lipinski definition) is 2. The first-order valence-corrected chi connectivity index (χ1v) is 3.36. The number of nitrogens with one attached hydrogen (secondary N) is 1. The molecular formula is C7H13NO3. The Morgan fingerprint density at radius 1 is 1.73 bits per heavy atom. The van der Waals surface area contributed by atoms with E-state index >= 15 is 0 Å². The number of carboxylic acids is 1. The Balaban J connectivity index is 4.28. The third-order valence-corrected chi connectivity index (χ3v) is 1.35. The highest BCUT2D eigenvalue weighted by molar-refractivity contribution is 5.82. The van der Waals surface area contributed by atoms with E-state index in [4.69, 9.17) is 7.85 Å². The molecule has 64 valence electrons. The lowest BCUT2D eigenvalue weighted by molar-refractivity contribution is -0.138. The molecule has 0 aliphatic carbocycles. The van der Waals surface area contributed by atoms with Gasteiger partial charge in [0.25, 0.3) is 0 Å². The molecule has 0 heterocycles. The van der Waals surface area contributed by atoms with Crippen molar-refractivity contribution < 1.29 is 17.4 Å². The molecule has 0 aliphatic rings. The maximum Gasteiger partial charge on any atom is 0.322 e. The van der Waals surface area contributed by atoms with Crippen molar-refractivity contribution in [3.63, 3.8) is 0 Å². The lowest BCUT2D eigenvalue weighted by atomic mass is 10.1. The van der Waals surface area contributed by atoms with E-state index in [9.17, 15) is 9.59 Å². The van der Waals surface area contributed by atoms with E-state index in [1.54, 1.807) is 19.2 Å². The molecule has 0 bridgehead atoms. The molecule has 0 aromatic rings. The molecule has 0 rings (SSSR count). The van der Waals surface area contributed by atoms with Crippen LogP contribution in [0.3, 0.4) is 0 Å². The minimum atomic E-state index is -2.68. The molecule has 1 atom stereocenters. The third-order valence-electron chi connectivity index (χ3n) is 1.35. The van der Waals surface area contributed by atoms with E-state index in [0.717, 1.165) is 0 Å². The topological polar surface area (TPSA) is 66.4 Å². The minimum Gasteiger partial charge on any atom is -0.480 e. The molecule has 0 aromatic carbocycles. The van der Waals surface area contributed by atoms with Gasteiger partial charge in [-0.1, -0.05) is 13.8 Å². The first kappa shape index (κ1) is 6.64. The van der Waals surface area contributed by atoms with Gasteiger partial charge in [-0.15, -0.1) is 0 Å². The van der Waals surface area contributed by atoms with Crippen molar-refractivity contribution in [1.82, 2.24) is 5.32 Å². The fourth-order valence-corrected chi connectivity index (χ4v) is 0.424. The van der Waals surface area contributed by atoms with Gasteiger partial charge in [-0.25, -0.2) is 0 Å². The van der Waals surface area contributed by atoms with Crippen molar-refractivity contribution in [1.29, 1.82) is 0 Å². The summed E-state index contributed by atoms with van der Waals surface area (Å²) < 4.78 is 13.8. The maximum absolute atomic E-state index is 11.1. The number of aliphatic carboxylic acids is 1. The van der Waals surface area contributed by atoms with E-state index in [2.05, 4.69) is 0 Å². The molecule has 0 aliphatic heterocycles. The molecule has 4 nitrogen and oxygen atoms in total. The zero-order chi connectivity index (χ0) is 10.6. The molecule has 2 N–H and O–H groups in total. The van der Waals surface area contributed by atoms with E-state index in [-0.39, 0.29) is 5.92 Å². The average molecular weight is 161 g/mol. The van der Waals surface area contributed by atoms with Gasteiger partial charge >= 0.3 is 5.97 Å². The molecule has 0 aromatic heterocycles. The van der Waals surface area contributed by atoms with Crippen molar-refractivity contribution in [2.45, 2.75) is 20.3 Å². The Kier molecular flexibility index (Phi) is 2.84. The number of hydrogen-bond donors (Lipinski definition) is 2. The Hall–Kier alpha value is -1.06. The van der Waals surface area contributed by atoms with Crippen LogP contribution in [0.15, 0.2) is 0 Å². The van der Waals surface area contributed by atoms with Gasteiger partial charge in [0, 0.05) is 5.92 Å². The van der Waals surface area contributed by atoms with E-state index < -0.39 is 18.4 Å². The SMILES string of the molecule is [2H]C([2H])(NC(=O)C(C)CC)C(=O)O. The van der Waals surface area contributed by atoms with Gasteiger partial charge < -0.3 is 10.4 Å². The number of rotatable bonds is 4. The highest BCUT2D eigenvalue weighted by Gasteiger charge is 2.10. The summed E-state index contributed by atoms with van der Waals surface area (Å²) in [6.45, 7) is 0.689. The van der Waals surface area contributed by atoms with Crippen LogP contribution in [-0.4, -0.2) is 23.5 Å². The Morgan fingerprint density at radius 3 is 2.64 bits per heavy atom. The lowest BCUT2D eigenvalue weighted by Gasteiger charge is -2.06. The van der Waals surface area contributed by atoms with Gasteiger partial charge in [0.15, 0.2) is 0 Å². The second-order valence-electron chi connectivity index (χ2n) is 2.23. The summed E-state index contributed by atoms with van der Waals surface area (Å²) in [5, 5.41) is 10.2. The minimum absolute atomic E-state index is 0.380. The quantitative estimate of drug-likeness (QED) is 0.620. The average Bonchev–Trinajstić information content (AvgIpc) is 2.01. The zero-order valence-electron chi connectivity index (χ0n) is 8.55. The van der Waals surface area contributed by atoms with Crippen LogP contribution in [0.25, 0.3) is 0 Å². The predicted molar refractivity (Wildman–Crippen MR) is 40.1 cm³/mol. The summed E-state index contributed by atoms with van der Waals surface area (Å²) in [6.07, 6.45) is 0.543. The summed E-state index contributed by atoms with van der Waals surface area (Å²) in [7, 11) is 0. The molecule has 1 amide bonds. The van der Waals surface area contributed by atoms with Gasteiger partial charge in [0.1, 0.15) is 6.50 Å². The molecule has 0 spiro atoms. The molecule has 1 unspecified atom stereocenters. The number of carboxylic acid groups (broad SMARTS) is 1. The Labute approximate surface area is 68.4 Å². The lowest BCUT2D eigenvalue weighted by Crippen LogP contribution is -2.33. The number of carbonyl (C=O) groups is 2. The highest BCUT2D eigenvalue weighted by atomic mass is 16.4. The first-order valence-electron chi connectivity index (χ1n) is 4.36. The number of carbonyl (C=O) groups excluding carboxylic acids is 1. The Bertz CT molecular complexity index is 218. The summed E-state index contributed by atoms with van der Waals surface area (Å²) in [4.78, 5) is 21.4. The summed E-state index contributed by atoms with van der Waals surface area (Å²) in [6, 6.07) is 0. The normalized spacial score (nSPS) is 16.2. The standard InChI is InChI=1S/C7H13NO3/c1-3-5(2)7(11)8-4-6(9)10/h5H,3-4H2,1-2H3,(H,8,11)(H,9,10)/i4D2. The van der Waals surface area contributed by atoms with Crippen LogP contribution < -0.4 is 5.32 Å². The van der Waals surface area contributed by atoms with Crippen molar-refractivity contribution in [2.24, 2.45) is 5.92 Å². The fraction of sp³-hybridized carbons (Fsp3) is 0.714. The first-order chi connectivity index (χ1) is 5.81. The largest absolute Gasteiger partial charge is 0.480 e. The van der Waals surface area contributed by atoms with Crippen molar-refractivity contribution in [2.75, 3.05) is 6.50 Å². The maximum atomic E-state index is 11.1. The third kappa shape index (κ3) is 4.36. The zero-order valence-corrected chi connectivity index (χ0v) is 6.55. The second kappa shape index (κ2) is 4.71. The summed E-state index contributed by atoms with van der Waals surface area (Å²) >= 11 is 0. The molecule has 0 radical (unpaired) electrons. The summed E-state index contributed by atoms with van der Waals surface area (Å²) in [5.41, 5.74) is 0. The van der Waals surface area contributed by atoms with Gasteiger partial charge in [-0.05, 0) is 6.42 Å². The van der Waals surface area contributed by atoms with E-state index in [1.807, 2.05) is 0 Å². The smallest absolute Gasteiger partial charge is 0.322 e. The van der Waals surface area contributed by atoms with Gasteiger partial charge in [-0.2, -0.15) is 0 Å². The van der Waals surface area contributed by atoms with Crippen molar-refractivity contribution in [3.05, 3.63) is 0 Å². The number of amides is 1. The van der Waals surface area contributed by atoms with Crippen LogP contribution in [0.2, 0.25) is 0 Å². The molecule has 4 heteroatoms. The molecular weight excluding hydrogens is 146 g/mol. The monoisotopic (exact) mass is 161 g/mol.